The molecule has 0 aliphatic carbocycles. The van der Waals surface area contributed by atoms with E-state index in [1.165, 1.54) is 21.5 Å². The Morgan fingerprint density at radius 3 is 2.59 bits per heavy atom. The molecular weight excluding hydrogens is 364 g/mol. The summed E-state index contributed by atoms with van der Waals surface area (Å²) in [5, 5.41) is 1.99. The summed E-state index contributed by atoms with van der Waals surface area (Å²) in [6.07, 6.45) is 2.19. The van der Waals surface area contributed by atoms with E-state index in [-0.39, 0.29) is 5.95 Å². The second kappa shape index (κ2) is 8.79. The summed E-state index contributed by atoms with van der Waals surface area (Å²) < 4.78 is 1.35. The van der Waals surface area contributed by atoms with Crippen molar-refractivity contribution < 1.29 is 4.84 Å². The lowest BCUT2D eigenvalue weighted by Crippen LogP contribution is -2.31. The van der Waals surface area contributed by atoms with Crippen molar-refractivity contribution in [2.45, 2.75) is 20.3 Å². The highest BCUT2D eigenvalue weighted by Crippen LogP contribution is 2.22. The van der Waals surface area contributed by atoms with Crippen LogP contribution in [0.1, 0.15) is 18.1 Å². The highest BCUT2D eigenvalue weighted by Gasteiger charge is 2.14. The molecule has 3 rings (SSSR count). The van der Waals surface area contributed by atoms with E-state index < -0.39 is 5.69 Å². The molecule has 0 fully saturated rings. The zero-order chi connectivity index (χ0) is 19.2. The number of rotatable bonds is 7. The average Bonchev–Trinajstić information content (AvgIpc) is 2.67. The van der Waals surface area contributed by atoms with Gasteiger partial charge < -0.3 is 0 Å². The Balaban J connectivity index is 1.76. The number of anilines is 1. The van der Waals surface area contributed by atoms with E-state index in [0.29, 0.717) is 23.9 Å². The molecule has 140 valence electrons. The first-order valence-corrected chi connectivity index (χ1v) is 9.13. The van der Waals surface area contributed by atoms with Gasteiger partial charge in [-0.2, -0.15) is 4.98 Å². The van der Waals surface area contributed by atoms with E-state index in [9.17, 15) is 4.79 Å². The van der Waals surface area contributed by atoms with Crippen LogP contribution in [0.2, 0.25) is 5.02 Å². The summed E-state index contributed by atoms with van der Waals surface area (Å²) in [7, 11) is 0. The Labute approximate surface area is 163 Å². The number of aromatic nitrogens is 3. The van der Waals surface area contributed by atoms with Crippen molar-refractivity contribution in [3.05, 3.63) is 81.5 Å². The zero-order valence-electron chi connectivity index (χ0n) is 15.3. The molecule has 0 atom stereocenters. The third-order valence-electron chi connectivity index (χ3n) is 4.11. The number of nitrogens with zero attached hydrogens (tertiary/aromatic N) is 4. The number of aryl methyl sites for hydroxylation is 1. The van der Waals surface area contributed by atoms with Crippen molar-refractivity contribution in [2.75, 3.05) is 18.2 Å². The molecule has 0 N–H and O–H groups in total. The monoisotopic (exact) mass is 384 g/mol. The van der Waals surface area contributed by atoms with Crippen LogP contribution in [-0.2, 0) is 11.3 Å². The largest absolute Gasteiger partial charge is 0.356 e. The lowest BCUT2D eigenvalue weighted by molar-refractivity contribution is 0.109. The van der Waals surface area contributed by atoms with Crippen LogP contribution in [0.15, 0.2) is 59.7 Å². The van der Waals surface area contributed by atoms with Gasteiger partial charge in [0.05, 0.1) is 17.3 Å². The average molecular weight is 385 g/mol. The summed E-state index contributed by atoms with van der Waals surface area (Å²) in [4.78, 5) is 26.7. The topological polar surface area (TPSA) is 60.2 Å². The summed E-state index contributed by atoms with van der Waals surface area (Å²) in [6.45, 7) is 4.78. The van der Waals surface area contributed by atoms with Crippen molar-refractivity contribution in [1.29, 1.82) is 0 Å². The molecule has 0 aliphatic heterocycles. The first kappa shape index (κ1) is 19.1. The van der Waals surface area contributed by atoms with Gasteiger partial charge >= 0.3 is 5.69 Å². The van der Waals surface area contributed by atoms with Gasteiger partial charge in [0, 0.05) is 6.54 Å². The minimum atomic E-state index is -0.457. The first-order valence-electron chi connectivity index (χ1n) is 8.75. The maximum absolute atomic E-state index is 12.5. The van der Waals surface area contributed by atoms with E-state index in [0.717, 1.165) is 12.0 Å². The number of benzene rings is 2. The number of hydrogen-bond donors (Lipinski definition) is 0. The van der Waals surface area contributed by atoms with Gasteiger partial charge in [0.15, 0.2) is 0 Å². The smallest absolute Gasteiger partial charge is 0.270 e. The van der Waals surface area contributed by atoms with E-state index in [2.05, 4.69) is 9.97 Å². The van der Waals surface area contributed by atoms with Crippen molar-refractivity contribution >= 4 is 17.5 Å². The van der Waals surface area contributed by atoms with Crippen LogP contribution in [-0.4, -0.2) is 27.7 Å². The molecule has 0 unspecified atom stereocenters. The summed E-state index contributed by atoms with van der Waals surface area (Å²) in [5.41, 5.74) is 2.18. The minimum Gasteiger partial charge on any atom is -0.270 e. The number of hydroxylamine groups is 1. The van der Waals surface area contributed by atoms with E-state index in [4.69, 9.17) is 16.4 Å². The molecule has 3 aromatic rings. The molecule has 27 heavy (non-hydrogen) atoms. The van der Waals surface area contributed by atoms with Crippen molar-refractivity contribution in [1.82, 2.24) is 14.5 Å². The van der Waals surface area contributed by atoms with Gasteiger partial charge in [0.1, 0.15) is 6.33 Å². The quantitative estimate of drug-likeness (QED) is 0.582. The molecule has 6 nitrogen and oxygen atoms in total. The summed E-state index contributed by atoms with van der Waals surface area (Å²) in [6, 6.07) is 15.5. The summed E-state index contributed by atoms with van der Waals surface area (Å²) in [5.74, 6) is 0.233. The molecule has 0 saturated heterocycles. The fourth-order valence-electron chi connectivity index (χ4n) is 2.74. The minimum absolute atomic E-state index is 0.233. The van der Waals surface area contributed by atoms with Crippen LogP contribution in [0.3, 0.4) is 0 Å². The first-order chi connectivity index (χ1) is 13.1. The maximum atomic E-state index is 12.5. The van der Waals surface area contributed by atoms with Gasteiger partial charge in [-0.25, -0.2) is 19.4 Å². The van der Waals surface area contributed by atoms with E-state index in [1.54, 1.807) is 6.07 Å². The van der Waals surface area contributed by atoms with Gasteiger partial charge in [0.2, 0.25) is 0 Å². The number of para-hydroxylation sites is 1. The number of halogens is 1. The second-order valence-electron chi connectivity index (χ2n) is 5.98. The Kier molecular flexibility index (Phi) is 6.21. The lowest BCUT2D eigenvalue weighted by atomic mass is 10.2. The Morgan fingerprint density at radius 2 is 1.93 bits per heavy atom. The maximum Gasteiger partial charge on any atom is 0.356 e. The van der Waals surface area contributed by atoms with Gasteiger partial charge in [-0.05, 0) is 37.5 Å². The van der Waals surface area contributed by atoms with E-state index >= 15 is 0 Å². The highest BCUT2D eigenvalue weighted by atomic mass is 35.5. The van der Waals surface area contributed by atoms with Crippen LogP contribution in [0.5, 0.6) is 0 Å². The van der Waals surface area contributed by atoms with Crippen molar-refractivity contribution in [3.63, 3.8) is 0 Å². The molecule has 0 amide bonds. The van der Waals surface area contributed by atoms with Crippen LogP contribution >= 0.6 is 11.6 Å². The van der Waals surface area contributed by atoms with Crippen LogP contribution in [0.25, 0.3) is 5.69 Å². The Bertz CT molecular complexity index is 939. The molecule has 0 aliphatic rings. The predicted octanol–water partition coefficient (Wildman–Crippen LogP) is 3.59. The predicted molar refractivity (Wildman–Crippen MR) is 106 cm³/mol. The summed E-state index contributed by atoms with van der Waals surface area (Å²) >= 11 is 6.24. The Morgan fingerprint density at radius 1 is 1.15 bits per heavy atom. The molecule has 0 bridgehead atoms. The van der Waals surface area contributed by atoms with Gasteiger partial charge in [-0.15, -0.1) is 0 Å². The molecule has 1 heterocycles. The number of hydrogen-bond acceptors (Lipinski definition) is 5. The molecular formula is C20H21ClN4O2. The standard InChI is InChI=1S/C20H21ClN4O2/c1-3-25(27-13-12-16-9-5-4-6-10-16)19-22-14-24(20(26)23-19)18-15(2)8-7-11-17(18)21/h4-11,14H,3,12-13H2,1-2H3. The third-order valence-corrected chi connectivity index (χ3v) is 4.42. The molecule has 0 spiro atoms. The van der Waals surface area contributed by atoms with Crippen molar-refractivity contribution in [3.8, 4) is 5.69 Å². The third kappa shape index (κ3) is 4.53. The van der Waals surface area contributed by atoms with Crippen LogP contribution in [0.4, 0.5) is 5.95 Å². The van der Waals surface area contributed by atoms with E-state index in [1.807, 2.05) is 56.3 Å². The van der Waals surface area contributed by atoms with Gasteiger partial charge in [-0.1, -0.05) is 54.1 Å². The lowest BCUT2D eigenvalue weighted by Gasteiger charge is -2.20. The molecule has 7 heteroatoms. The zero-order valence-corrected chi connectivity index (χ0v) is 16.1. The molecule has 0 radical (unpaired) electrons. The fourth-order valence-corrected chi connectivity index (χ4v) is 3.05. The molecule has 0 saturated carbocycles. The van der Waals surface area contributed by atoms with Gasteiger partial charge in [-0.3, -0.25) is 4.84 Å². The van der Waals surface area contributed by atoms with Crippen LogP contribution < -0.4 is 10.8 Å². The Hall–Kier alpha value is -2.70. The highest BCUT2D eigenvalue weighted by molar-refractivity contribution is 6.32. The second-order valence-corrected chi connectivity index (χ2v) is 6.39. The van der Waals surface area contributed by atoms with Gasteiger partial charge in [0.25, 0.3) is 5.95 Å². The SMILES string of the molecule is CCN(OCCc1ccccc1)c1ncn(-c2c(C)cccc2Cl)c(=O)n1. The van der Waals surface area contributed by atoms with Crippen molar-refractivity contribution in [2.24, 2.45) is 0 Å². The molecule has 2 aromatic carbocycles. The molecule has 1 aromatic heterocycles. The van der Waals surface area contributed by atoms with Crippen LogP contribution in [0, 0.1) is 6.92 Å². The normalized spacial score (nSPS) is 10.8. The fraction of sp³-hybridized carbons (Fsp3) is 0.250.